The van der Waals surface area contributed by atoms with E-state index < -0.39 is 6.04 Å². The van der Waals surface area contributed by atoms with Crippen molar-refractivity contribution in [2.75, 3.05) is 13.1 Å². The smallest absolute Gasteiger partial charge is 0.315 e. The van der Waals surface area contributed by atoms with Crippen LogP contribution >= 0.6 is 0 Å². The third kappa shape index (κ3) is 6.84. The topological polar surface area (TPSA) is 61.4 Å². The fourth-order valence-electron chi connectivity index (χ4n) is 3.70. The van der Waals surface area contributed by atoms with Crippen molar-refractivity contribution in [3.63, 3.8) is 0 Å². The Morgan fingerprint density at radius 1 is 1.14 bits per heavy atom. The Kier molecular flexibility index (Phi) is 7.90. The summed E-state index contributed by atoms with van der Waals surface area (Å²) in [6.07, 6.45) is 3.95. The highest BCUT2D eigenvalue weighted by Crippen LogP contribution is 2.23. The van der Waals surface area contributed by atoms with E-state index in [2.05, 4.69) is 41.8 Å². The first-order valence-electron chi connectivity index (χ1n) is 10.6. The molecule has 0 aliphatic carbocycles. The molecule has 0 aromatic heterocycles. The molecule has 1 aromatic carbocycles. The molecule has 1 fully saturated rings. The van der Waals surface area contributed by atoms with Crippen LogP contribution in [0.1, 0.15) is 59.4 Å². The number of amides is 3. The lowest BCUT2D eigenvalue weighted by molar-refractivity contribution is -0.135. The van der Waals surface area contributed by atoms with E-state index in [0.717, 1.165) is 38.8 Å². The van der Waals surface area contributed by atoms with Gasteiger partial charge in [0.25, 0.3) is 0 Å². The first-order valence-corrected chi connectivity index (χ1v) is 10.6. The van der Waals surface area contributed by atoms with Crippen molar-refractivity contribution in [2.45, 2.75) is 71.9 Å². The van der Waals surface area contributed by atoms with Crippen molar-refractivity contribution in [1.82, 2.24) is 15.5 Å². The molecule has 5 nitrogen and oxygen atoms in total. The summed E-state index contributed by atoms with van der Waals surface area (Å²) in [6, 6.07) is 9.81. The summed E-state index contributed by atoms with van der Waals surface area (Å²) in [5, 5.41) is 5.83. The fourth-order valence-corrected chi connectivity index (χ4v) is 3.70. The number of nitrogens with zero attached hydrogens (tertiary/aromatic N) is 1. The number of rotatable bonds is 6. The lowest BCUT2D eigenvalue weighted by atomic mass is 9.89. The molecular formula is C23H37N3O2. The predicted octanol–water partition coefficient (Wildman–Crippen LogP) is 3.98. The summed E-state index contributed by atoms with van der Waals surface area (Å²) in [6.45, 7) is 11.4. The van der Waals surface area contributed by atoms with Gasteiger partial charge >= 0.3 is 6.03 Å². The molecule has 0 bridgehead atoms. The molecule has 28 heavy (non-hydrogen) atoms. The second-order valence-corrected chi connectivity index (χ2v) is 9.17. The lowest BCUT2D eigenvalue weighted by Crippen LogP contribution is -2.57. The van der Waals surface area contributed by atoms with Crippen molar-refractivity contribution in [2.24, 2.45) is 11.8 Å². The molecule has 2 N–H and O–H groups in total. The highest BCUT2D eigenvalue weighted by Gasteiger charge is 2.32. The molecule has 2 rings (SSSR count). The van der Waals surface area contributed by atoms with Crippen LogP contribution in [0.15, 0.2) is 30.3 Å². The van der Waals surface area contributed by atoms with Gasteiger partial charge < -0.3 is 15.5 Å². The molecule has 2 unspecified atom stereocenters. The minimum absolute atomic E-state index is 0.0524. The second kappa shape index (κ2) is 9.94. The van der Waals surface area contributed by atoms with Crippen LogP contribution in [-0.4, -0.2) is 41.5 Å². The van der Waals surface area contributed by atoms with E-state index in [4.69, 9.17) is 0 Å². The van der Waals surface area contributed by atoms with Crippen LogP contribution in [0.5, 0.6) is 0 Å². The van der Waals surface area contributed by atoms with Crippen LogP contribution < -0.4 is 10.6 Å². The van der Waals surface area contributed by atoms with E-state index in [1.807, 2.05) is 38.7 Å². The molecule has 0 spiro atoms. The van der Waals surface area contributed by atoms with Crippen LogP contribution in [0, 0.1) is 11.8 Å². The molecule has 2 atom stereocenters. The van der Waals surface area contributed by atoms with Crippen LogP contribution in [-0.2, 0) is 11.2 Å². The standard InChI is InChI=1S/C23H37N3O2/c1-6-17(2)20(24-22(28)25-23(3,4)5)21(27)26-14-12-19(13-15-26)16-18-10-8-7-9-11-18/h7-11,17,19-20H,6,12-16H2,1-5H3,(H2,24,25,28). The molecule has 1 aliphatic heterocycles. The Morgan fingerprint density at radius 3 is 2.29 bits per heavy atom. The maximum absolute atomic E-state index is 13.1. The summed E-state index contributed by atoms with van der Waals surface area (Å²) < 4.78 is 0. The van der Waals surface area contributed by atoms with E-state index in [-0.39, 0.29) is 23.4 Å². The van der Waals surface area contributed by atoms with Crippen molar-refractivity contribution < 1.29 is 9.59 Å². The largest absolute Gasteiger partial charge is 0.341 e. The van der Waals surface area contributed by atoms with Crippen molar-refractivity contribution in [1.29, 1.82) is 0 Å². The molecule has 1 saturated heterocycles. The number of urea groups is 1. The van der Waals surface area contributed by atoms with Gasteiger partial charge in [-0.1, -0.05) is 50.6 Å². The Morgan fingerprint density at radius 2 is 1.75 bits per heavy atom. The van der Waals surface area contributed by atoms with Gasteiger partial charge in [-0.25, -0.2) is 4.79 Å². The number of benzene rings is 1. The first kappa shape index (κ1) is 22.3. The summed E-state index contributed by atoms with van der Waals surface area (Å²) in [5.41, 5.74) is 1.04. The van der Waals surface area contributed by atoms with Crippen LogP contribution in [0.4, 0.5) is 4.79 Å². The van der Waals surface area contributed by atoms with Gasteiger partial charge in [0.15, 0.2) is 0 Å². The maximum atomic E-state index is 13.1. The summed E-state index contributed by atoms with van der Waals surface area (Å²) >= 11 is 0. The molecule has 1 aromatic rings. The fraction of sp³-hybridized carbons (Fsp3) is 0.652. The number of hydrogen-bond acceptors (Lipinski definition) is 2. The van der Waals surface area contributed by atoms with E-state index in [1.54, 1.807) is 0 Å². The molecule has 1 aliphatic rings. The number of hydrogen-bond donors (Lipinski definition) is 2. The van der Waals surface area contributed by atoms with Gasteiger partial charge in [0.05, 0.1) is 0 Å². The Labute approximate surface area is 170 Å². The second-order valence-electron chi connectivity index (χ2n) is 9.17. The van der Waals surface area contributed by atoms with Gasteiger partial charge in [-0.15, -0.1) is 0 Å². The number of carbonyl (C=O) groups excluding carboxylic acids is 2. The summed E-state index contributed by atoms with van der Waals surface area (Å²) in [7, 11) is 0. The van der Waals surface area contributed by atoms with Gasteiger partial charge in [-0.3, -0.25) is 4.79 Å². The lowest BCUT2D eigenvalue weighted by Gasteiger charge is -2.36. The maximum Gasteiger partial charge on any atom is 0.315 e. The third-order valence-electron chi connectivity index (χ3n) is 5.55. The first-order chi connectivity index (χ1) is 13.2. The zero-order valence-corrected chi connectivity index (χ0v) is 18.1. The molecule has 156 valence electrons. The number of piperidine rings is 1. The van der Waals surface area contributed by atoms with Crippen LogP contribution in [0.2, 0.25) is 0 Å². The minimum Gasteiger partial charge on any atom is -0.341 e. The Balaban J connectivity index is 1.92. The average Bonchev–Trinajstić information content (AvgIpc) is 2.65. The number of likely N-dealkylation sites (tertiary alicyclic amines) is 1. The molecule has 0 radical (unpaired) electrons. The van der Waals surface area contributed by atoms with Gasteiger partial charge in [0, 0.05) is 18.6 Å². The van der Waals surface area contributed by atoms with Crippen LogP contribution in [0.25, 0.3) is 0 Å². The summed E-state index contributed by atoms with van der Waals surface area (Å²) in [5.74, 6) is 0.766. The van der Waals surface area contributed by atoms with E-state index in [9.17, 15) is 9.59 Å². The van der Waals surface area contributed by atoms with Crippen LogP contribution in [0.3, 0.4) is 0 Å². The summed E-state index contributed by atoms with van der Waals surface area (Å²) in [4.78, 5) is 27.4. The number of nitrogens with one attached hydrogen (secondary N) is 2. The monoisotopic (exact) mass is 387 g/mol. The Bertz CT molecular complexity index is 631. The SMILES string of the molecule is CCC(C)C(NC(=O)NC(C)(C)C)C(=O)N1CCC(Cc2ccccc2)CC1. The van der Waals surface area contributed by atoms with Crippen molar-refractivity contribution >= 4 is 11.9 Å². The van der Waals surface area contributed by atoms with Crippen molar-refractivity contribution in [3.8, 4) is 0 Å². The normalized spacial score (nSPS) is 17.7. The van der Waals surface area contributed by atoms with Gasteiger partial charge in [0.1, 0.15) is 6.04 Å². The van der Waals surface area contributed by atoms with Gasteiger partial charge in [-0.2, -0.15) is 0 Å². The quantitative estimate of drug-likeness (QED) is 0.775. The van der Waals surface area contributed by atoms with Crippen molar-refractivity contribution in [3.05, 3.63) is 35.9 Å². The van der Waals surface area contributed by atoms with E-state index in [1.165, 1.54) is 5.56 Å². The molecule has 3 amide bonds. The zero-order valence-electron chi connectivity index (χ0n) is 18.1. The van der Waals surface area contributed by atoms with E-state index in [0.29, 0.717) is 5.92 Å². The highest BCUT2D eigenvalue weighted by molar-refractivity contribution is 5.87. The van der Waals surface area contributed by atoms with Gasteiger partial charge in [-0.05, 0) is 57.4 Å². The Hall–Kier alpha value is -2.04. The zero-order chi connectivity index (χ0) is 20.7. The highest BCUT2D eigenvalue weighted by atomic mass is 16.2. The minimum atomic E-state index is -0.474. The molecular weight excluding hydrogens is 350 g/mol. The third-order valence-corrected chi connectivity index (χ3v) is 5.55. The molecule has 5 heteroatoms. The average molecular weight is 388 g/mol. The molecule has 0 saturated carbocycles. The van der Waals surface area contributed by atoms with Gasteiger partial charge in [0.2, 0.25) is 5.91 Å². The predicted molar refractivity (Wildman–Crippen MR) is 114 cm³/mol. The van der Waals surface area contributed by atoms with E-state index >= 15 is 0 Å². The molecule has 1 heterocycles. The number of carbonyl (C=O) groups is 2.